The maximum absolute atomic E-state index is 11.9. The van der Waals surface area contributed by atoms with Crippen LogP contribution < -0.4 is 5.32 Å². The molecule has 1 aromatic carbocycles. The fourth-order valence-electron chi connectivity index (χ4n) is 1.86. The molecule has 0 bridgehead atoms. The number of rotatable bonds is 4. The Morgan fingerprint density at radius 3 is 2.50 bits per heavy atom. The second-order valence-electron chi connectivity index (χ2n) is 4.29. The summed E-state index contributed by atoms with van der Waals surface area (Å²) < 4.78 is 5.11. The molecule has 3 heteroatoms. The van der Waals surface area contributed by atoms with Gasteiger partial charge in [0.1, 0.15) is 5.76 Å². The third-order valence-electron chi connectivity index (χ3n) is 2.85. The molecule has 0 radical (unpaired) electrons. The smallest absolute Gasteiger partial charge is 0.259 e. The molecule has 0 saturated heterocycles. The Balaban J connectivity index is 2.05. The molecule has 0 saturated carbocycles. The van der Waals surface area contributed by atoms with Crippen molar-refractivity contribution in [3.63, 3.8) is 0 Å². The van der Waals surface area contributed by atoms with Crippen LogP contribution in [0.4, 0.5) is 5.69 Å². The molecule has 2 aromatic rings. The summed E-state index contributed by atoms with van der Waals surface area (Å²) in [5.74, 6) is 0.500. The van der Waals surface area contributed by atoms with E-state index in [1.807, 2.05) is 24.3 Å². The zero-order valence-corrected chi connectivity index (χ0v) is 10.7. The number of furan rings is 1. The van der Waals surface area contributed by atoms with E-state index in [0.29, 0.717) is 11.3 Å². The average Bonchev–Trinajstić information content (AvgIpc) is 2.78. The monoisotopic (exact) mass is 243 g/mol. The molecule has 1 heterocycles. The maximum Gasteiger partial charge on any atom is 0.259 e. The molecule has 2 rings (SSSR count). The number of amides is 1. The lowest BCUT2D eigenvalue weighted by atomic mass is 10.1. The van der Waals surface area contributed by atoms with Gasteiger partial charge in [-0.2, -0.15) is 0 Å². The molecule has 94 valence electrons. The van der Waals surface area contributed by atoms with Gasteiger partial charge in [0.05, 0.1) is 11.8 Å². The summed E-state index contributed by atoms with van der Waals surface area (Å²) in [6.07, 6.45) is 3.71. The summed E-state index contributed by atoms with van der Waals surface area (Å²) in [4.78, 5) is 11.9. The highest BCUT2D eigenvalue weighted by Crippen LogP contribution is 2.14. The number of hydrogen-bond acceptors (Lipinski definition) is 2. The molecule has 1 amide bonds. The minimum atomic E-state index is -0.135. The van der Waals surface area contributed by atoms with Crippen LogP contribution in [-0.4, -0.2) is 5.91 Å². The molecule has 0 aliphatic heterocycles. The van der Waals surface area contributed by atoms with E-state index in [4.69, 9.17) is 4.42 Å². The molecule has 0 aliphatic rings. The van der Waals surface area contributed by atoms with E-state index in [1.54, 1.807) is 13.0 Å². The first-order chi connectivity index (χ1) is 8.70. The predicted octanol–water partition coefficient (Wildman–Crippen LogP) is 3.79. The van der Waals surface area contributed by atoms with E-state index in [9.17, 15) is 4.79 Å². The van der Waals surface area contributed by atoms with Crippen molar-refractivity contribution >= 4 is 11.6 Å². The van der Waals surface area contributed by atoms with Crippen molar-refractivity contribution in [3.05, 3.63) is 53.5 Å². The van der Waals surface area contributed by atoms with Crippen molar-refractivity contribution in [2.75, 3.05) is 5.32 Å². The first-order valence-corrected chi connectivity index (χ1v) is 6.15. The van der Waals surface area contributed by atoms with Gasteiger partial charge in [0, 0.05) is 5.69 Å². The van der Waals surface area contributed by atoms with Crippen LogP contribution >= 0.6 is 0 Å². The fourth-order valence-corrected chi connectivity index (χ4v) is 1.86. The molecule has 0 atom stereocenters. The van der Waals surface area contributed by atoms with Crippen LogP contribution in [0.5, 0.6) is 0 Å². The van der Waals surface area contributed by atoms with E-state index in [2.05, 4.69) is 12.2 Å². The Morgan fingerprint density at radius 2 is 1.94 bits per heavy atom. The lowest BCUT2D eigenvalue weighted by molar-refractivity contribution is 0.102. The topological polar surface area (TPSA) is 42.2 Å². The predicted molar refractivity (Wildman–Crippen MR) is 71.8 cm³/mol. The Bertz CT molecular complexity index is 526. The van der Waals surface area contributed by atoms with Crippen LogP contribution in [0.3, 0.4) is 0 Å². The second kappa shape index (κ2) is 5.54. The van der Waals surface area contributed by atoms with E-state index in [1.165, 1.54) is 11.8 Å². The lowest BCUT2D eigenvalue weighted by Crippen LogP contribution is -2.11. The Hall–Kier alpha value is -2.03. The molecule has 0 fully saturated rings. The van der Waals surface area contributed by atoms with Crippen LogP contribution in [0.25, 0.3) is 0 Å². The number of carbonyl (C=O) groups is 1. The zero-order chi connectivity index (χ0) is 13.0. The van der Waals surface area contributed by atoms with Gasteiger partial charge in [0.2, 0.25) is 0 Å². The van der Waals surface area contributed by atoms with E-state index < -0.39 is 0 Å². The normalized spacial score (nSPS) is 10.3. The van der Waals surface area contributed by atoms with Gasteiger partial charge in [-0.15, -0.1) is 0 Å². The fraction of sp³-hybridized carbons (Fsp3) is 0.267. The first-order valence-electron chi connectivity index (χ1n) is 6.15. The largest absolute Gasteiger partial charge is 0.469 e. The molecule has 3 nitrogen and oxygen atoms in total. The Kier molecular flexibility index (Phi) is 3.82. The number of benzene rings is 1. The van der Waals surface area contributed by atoms with Gasteiger partial charge in [-0.3, -0.25) is 4.79 Å². The zero-order valence-electron chi connectivity index (χ0n) is 10.7. The third kappa shape index (κ3) is 2.80. The summed E-state index contributed by atoms with van der Waals surface area (Å²) in [7, 11) is 0. The Morgan fingerprint density at radius 1 is 1.22 bits per heavy atom. The van der Waals surface area contributed by atoms with Gasteiger partial charge in [-0.25, -0.2) is 0 Å². The van der Waals surface area contributed by atoms with E-state index >= 15 is 0 Å². The van der Waals surface area contributed by atoms with Gasteiger partial charge in [-0.1, -0.05) is 25.5 Å². The first kappa shape index (κ1) is 12.4. The molecular formula is C15H17NO2. The number of carbonyl (C=O) groups excluding carboxylic acids is 1. The molecule has 0 aliphatic carbocycles. The SMILES string of the molecule is CCCc1ccc(NC(=O)c2ccoc2C)cc1. The molecule has 18 heavy (non-hydrogen) atoms. The van der Waals surface area contributed by atoms with Gasteiger partial charge in [0.25, 0.3) is 5.91 Å². The molecule has 1 N–H and O–H groups in total. The van der Waals surface area contributed by atoms with Crippen molar-refractivity contribution in [3.8, 4) is 0 Å². The van der Waals surface area contributed by atoms with Crippen LogP contribution in [0, 0.1) is 6.92 Å². The highest BCUT2D eigenvalue weighted by atomic mass is 16.3. The highest BCUT2D eigenvalue weighted by Gasteiger charge is 2.11. The summed E-state index contributed by atoms with van der Waals surface area (Å²) in [5.41, 5.74) is 2.67. The number of hydrogen-bond donors (Lipinski definition) is 1. The van der Waals surface area contributed by atoms with Gasteiger partial charge >= 0.3 is 0 Å². The van der Waals surface area contributed by atoms with Gasteiger partial charge in [-0.05, 0) is 37.1 Å². The number of anilines is 1. The summed E-state index contributed by atoms with van der Waals surface area (Å²) in [6.45, 7) is 3.93. The Labute approximate surface area is 107 Å². The number of aryl methyl sites for hydroxylation is 2. The average molecular weight is 243 g/mol. The third-order valence-corrected chi connectivity index (χ3v) is 2.85. The molecule has 1 aromatic heterocycles. The van der Waals surface area contributed by atoms with Crippen LogP contribution in [0.1, 0.15) is 35.0 Å². The molecular weight excluding hydrogens is 226 g/mol. The van der Waals surface area contributed by atoms with Crippen molar-refractivity contribution in [1.82, 2.24) is 0 Å². The molecule has 0 unspecified atom stereocenters. The van der Waals surface area contributed by atoms with Crippen molar-refractivity contribution in [2.24, 2.45) is 0 Å². The number of nitrogens with one attached hydrogen (secondary N) is 1. The van der Waals surface area contributed by atoms with Gasteiger partial charge < -0.3 is 9.73 Å². The van der Waals surface area contributed by atoms with Crippen LogP contribution in [0.2, 0.25) is 0 Å². The van der Waals surface area contributed by atoms with Crippen LogP contribution in [-0.2, 0) is 6.42 Å². The van der Waals surface area contributed by atoms with Crippen LogP contribution in [0.15, 0.2) is 41.0 Å². The summed E-state index contributed by atoms with van der Waals surface area (Å²) >= 11 is 0. The molecule has 0 spiro atoms. The standard InChI is InChI=1S/C15H17NO2/c1-3-4-12-5-7-13(8-6-12)16-15(17)14-9-10-18-11(14)2/h5-10H,3-4H2,1-2H3,(H,16,17). The summed E-state index contributed by atoms with van der Waals surface area (Å²) in [6, 6.07) is 9.62. The minimum absolute atomic E-state index is 0.135. The second-order valence-corrected chi connectivity index (χ2v) is 4.29. The van der Waals surface area contributed by atoms with Crippen molar-refractivity contribution in [1.29, 1.82) is 0 Å². The summed E-state index contributed by atoms with van der Waals surface area (Å²) in [5, 5.41) is 2.86. The van der Waals surface area contributed by atoms with E-state index in [-0.39, 0.29) is 5.91 Å². The van der Waals surface area contributed by atoms with Crippen molar-refractivity contribution in [2.45, 2.75) is 26.7 Å². The lowest BCUT2D eigenvalue weighted by Gasteiger charge is -2.05. The quantitative estimate of drug-likeness (QED) is 0.887. The van der Waals surface area contributed by atoms with Gasteiger partial charge in [0.15, 0.2) is 0 Å². The van der Waals surface area contributed by atoms with Crippen molar-refractivity contribution < 1.29 is 9.21 Å². The highest BCUT2D eigenvalue weighted by molar-refractivity contribution is 6.04. The maximum atomic E-state index is 11.9. The minimum Gasteiger partial charge on any atom is -0.469 e. The van der Waals surface area contributed by atoms with E-state index in [0.717, 1.165) is 18.5 Å².